The van der Waals surface area contributed by atoms with Gasteiger partial charge in [0.2, 0.25) is 0 Å². The molecule has 2 rings (SSSR count). The summed E-state index contributed by atoms with van der Waals surface area (Å²) in [5.41, 5.74) is 3.66. The summed E-state index contributed by atoms with van der Waals surface area (Å²) in [5.74, 6) is -0.838. The van der Waals surface area contributed by atoms with Gasteiger partial charge in [0, 0.05) is 0 Å². The van der Waals surface area contributed by atoms with Crippen LogP contribution in [0.3, 0.4) is 0 Å². The van der Waals surface area contributed by atoms with Gasteiger partial charge in [-0.1, -0.05) is 12.1 Å². The van der Waals surface area contributed by atoms with Crippen LogP contribution in [0, 0.1) is 6.92 Å². The first kappa shape index (κ1) is 13.5. The lowest BCUT2D eigenvalue weighted by atomic mass is 10.1. The highest BCUT2D eigenvalue weighted by Gasteiger charge is 2.09. The van der Waals surface area contributed by atoms with Gasteiger partial charge in [0.25, 0.3) is 5.91 Å². The van der Waals surface area contributed by atoms with E-state index in [0.29, 0.717) is 16.9 Å². The molecule has 0 spiro atoms. The van der Waals surface area contributed by atoms with Crippen molar-refractivity contribution < 1.29 is 19.1 Å². The second kappa shape index (κ2) is 5.83. The molecule has 20 heavy (non-hydrogen) atoms. The third-order valence-electron chi connectivity index (χ3n) is 2.64. The van der Waals surface area contributed by atoms with Gasteiger partial charge in [0.15, 0.2) is 0 Å². The largest absolute Gasteiger partial charge is 0.478 e. The predicted molar refractivity (Wildman–Crippen MR) is 71.9 cm³/mol. The normalized spacial score (nSPS) is 10.7. The van der Waals surface area contributed by atoms with Crippen molar-refractivity contribution in [1.82, 2.24) is 5.43 Å². The van der Waals surface area contributed by atoms with Crippen LogP contribution in [-0.2, 0) is 0 Å². The first-order valence-electron chi connectivity index (χ1n) is 5.79. The van der Waals surface area contributed by atoms with E-state index in [-0.39, 0.29) is 11.5 Å². The number of aromatic carboxylic acids is 1. The van der Waals surface area contributed by atoms with E-state index in [1.54, 1.807) is 25.1 Å². The van der Waals surface area contributed by atoms with Crippen LogP contribution < -0.4 is 5.43 Å². The highest BCUT2D eigenvalue weighted by atomic mass is 16.4. The third kappa shape index (κ3) is 3.11. The number of nitrogens with one attached hydrogen (secondary N) is 1. The number of hydrogen-bond acceptors (Lipinski definition) is 4. The monoisotopic (exact) mass is 272 g/mol. The average molecular weight is 272 g/mol. The Morgan fingerprint density at radius 1 is 1.25 bits per heavy atom. The zero-order chi connectivity index (χ0) is 14.5. The Labute approximate surface area is 114 Å². The maximum absolute atomic E-state index is 11.7. The zero-order valence-electron chi connectivity index (χ0n) is 10.7. The number of amides is 1. The quantitative estimate of drug-likeness (QED) is 0.658. The average Bonchev–Trinajstić information content (AvgIpc) is 2.85. The molecule has 0 atom stereocenters. The molecular weight excluding hydrogens is 260 g/mol. The fraction of sp³-hybridized carbons (Fsp3) is 0.0714. The summed E-state index contributed by atoms with van der Waals surface area (Å²) in [6, 6.07) is 7.68. The molecule has 1 amide bonds. The van der Waals surface area contributed by atoms with Crippen LogP contribution in [0.15, 0.2) is 46.1 Å². The number of benzene rings is 1. The molecule has 0 fully saturated rings. The molecule has 0 bridgehead atoms. The molecule has 0 saturated heterocycles. The highest BCUT2D eigenvalue weighted by molar-refractivity contribution is 5.95. The molecule has 1 heterocycles. The summed E-state index contributed by atoms with van der Waals surface area (Å²) < 4.78 is 5.02. The number of carboxylic acids is 1. The van der Waals surface area contributed by atoms with E-state index in [1.807, 2.05) is 0 Å². The lowest BCUT2D eigenvalue weighted by Crippen LogP contribution is -2.17. The molecular formula is C14H12N2O4. The minimum atomic E-state index is -0.989. The first-order valence-corrected chi connectivity index (χ1v) is 5.79. The Morgan fingerprint density at radius 2 is 1.95 bits per heavy atom. The van der Waals surface area contributed by atoms with E-state index in [2.05, 4.69) is 10.5 Å². The van der Waals surface area contributed by atoms with Crippen LogP contribution in [0.25, 0.3) is 0 Å². The van der Waals surface area contributed by atoms with Crippen LogP contribution in [0.5, 0.6) is 0 Å². The van der Waals surface area contributed by atoms with Gasteiger partial charge in [0.1, 0.15) is 5.76 Å². The van der Waals surface area contributed by atoms with Crippen LogP contribution in [-0.4, -0.2) is 23.2 Å². The van der Waals surface area contributed by atoms with E-state index in [0.717, 1.165) is 0 Å². The maximum Gasteiger partial charge on any atom is 0.335 e. The van der Waals surface area contributed by atoms with Crippen molar-refractivity contribution in [1.29, 1.82) is 0 Å². The Bertz CT molecular complexity index is 656. The maximum atomic E-state index is 11.7. The number of rotatable bonds is 4. The van der Waals surface area contributed by atoms with E-state index in [1.165, 1.54) is 24.6 Å². The Balaban J connectivity index is 1.98. The van der Waals surface area contributed by atoms with Crippen molar-refractivity contribution >= 4 is 18.1 Å². The van der Waals surface area contributed by atoms with Crippen LogP contribution in [0.4, 0.5) is 0 Å². The fourth-order valence-electron chi connectivity index (χ4n) is 1.56. The molecule has 2 aromatic rings. The zero-order valence-corrected chi connectivity index (χ0v) is 10.7. The summed E-state index contributed by atoms with van der Waals surface area (Å²) in [6.45, 7) is 1.68. The van der Waals surface area contributed by atoms with Crippen LogP contribution in [0.1, 0.15) is 32.0 Å². The summed E-state index contributed by atoms with van der Waals surface area (Å²) >= 11 is 0. The van der Waals surface area contributed by atoms with Gasteiger partial charge in [-0.3, -0.25) is 4.79 Å². The fourth-order valence-corrected chi connectivity index (χ4v) is 1.56. The van der Waals surface area contributed by atoms with Crippen molar-refractivity contribution in [3.05, 3.63) is 59.0 Å². The molecule has 0 radical (unpaired) electrons. The van der Waals surface area contributed by atoms with Gasteiger partial charge in [0.05, 0.1) is 23.6 Å². The topological polar surface area (TPSA) is 91.9 Å². The molecule has 6 heteroatoms. The minimum Gasteiger partial charge on any atom is -0.478 e. The number of hydrogen-bond donors (Lipinski definition) is 2. The van der Waals surface area contributed by atoms with Gasteiger partial charge >= 0.3 is 5.97 Å². The number of nitrogens with zero attached hydrogens (tertiary/aromatic N) is 1. The minimum absolute atomic E-state index is 0.195. The Hall–Kier alpha value is -2.89. The van der Waals surface area contributed by atoms with E-state index in [9.17, 15) is 9.59 Å². The third-order valence-corrected chi connectivity index (χ3v) is 2.64. The smallest absolute Gasteiger partial charge is 0.335 e. The molecule has 2 N–H and O–H groups in total. The summed E-state index contributed by atoms with van der Waals surface area (Å²) in [6.07, 6.45) is 2.86. The molecule has 1 aromatic carbocycles. The summed E-state index contributed by atoms with van der Waals surface area (Å²) in [7, 11) is 0. The van der Waals surface area contributed by atoms with Gasteiger partial charge in [-0.25, -0.2) is 10.2 Å². The van der Waals surface area contributed by atoms with Crippen molar-refractivity contribution in [2.24, 2.45) is 5.10 Å². The molecule has 0 aliphatic carbocycles. The van der Waals surface area contributed by atoms with E-state index in [4.69, 9.17) is 9.52 Å². The molecule has 0 aliphatic heterocycles. The van der Waals surface area contributed by atoms with Crippen molar-refractivity contribution in [2.45, 2.75) is 6.92 Å². The number of carbonyl (C=O) groups is 2. The second-order valence-corrected chi connectivity index (χ2v) is 4.02. The van der Waals surface area contributed by atoms with Gasteiger partial charge < -0.3 is 9.52 Å². The van der Waals surface area contributed by atoms with Crippen molar-refractivity contribution in [3.63, 3.8) is 0 Å². The summed E-state index contributed by atoms with van der Waals surface area (Å²) in [5, 5.41) is 12.6. The van der Waals surface area contributed by atoms with Gasteiger partial charge in [-0.05, 0) is 30.7 Å². The Kier molecular flexibility index (Phi) is 3.95. The van der Waals surface area contributed by atoms with Gasteiger partial charge in [-0.15, -0.1) is 0 Å². The predicted octanol–water partition coefficient (Wildman–Crippen LogP) is 2.05. The molecule has 0 unspecified atom stereocenters. The molecule has 1 aromatic heterocycles. The van der Waals surface area contributed by atoms with Crippen LogP contribution in [0.2, 0.25) is 0 Å². The Morgan fingerprint density at radius 3 is 2.50 bits per heavy atom. The van der Waals surface area contributed by atoms with Crippen LogP contribution >= 0.6 is 0 Å². The lowest BCUT2D eigenvalue weighted by Gasteiger charge is -1.98. The van der Waals surface area contributed by atoms with Crippen molar-refractivity contribution in [2.75, 3.05) is 0 Å². The standard InChI is InChI=1S/C14H12N2O4/c1-9-12(6-7-20-9)13(17)16-15-8-10-2-4-11(5-3-10)14(18)19/h2-8H,1H3,(H,16,17)(H,18,19)/b15-8+. The number of carboxylic acid groups (broad SMARTS) is 1. The number of aryl methyl sites for hydroxylation is 1. The SMILES string of the molecule is Cc1occc1C(=O)N/N=C/c1ccc(C(=O)O)cc1. The molecule has 0 aliphatic rings. The van der Waals surface area contributed by atoms with Gasteiger partial charge in [-0.2, -0.15) is 5.10 Å². The summed E-state index contributed by atoms with van der Waals surface area (Å²) in [4.78, 5) is 22.4. The molecule has 0 saturated carbocycles. The van der Waals surface area contributed by atoms with E-state index >= 15 is 0 Å². The highest BCUT2D eigenvalue weighted by Crippen LogP contribution is 2.08. The van der Waals surface area contributed by atoms with E-state index < -0.39 is 5.97 Å². The first-order chi connectivity index (χ1) is 9.58. The number of hydrazone groups is 1. The lowest BCUT2D eigenvalue weighted by molar-refractivity contribution is 0.0696. The molecule has 102 valence electrons. The molecule has 6 nitrogen and oxygen atoms in total. The second-order valence-electron chi connectivity index (χ2n) is 4.02. The van der Waals surface area contributed by atoms with Crippen molar-refractivity contribution in [3.8, 4) is 0 Å². The number of carbonyl (C=O) groups excluding carboxylic acids is 1. The number of furan rings is 1.